The minimum absolute atomic E-state index is 0.350. The number of aryl methyl sites for hydroxylation is 2. The van der Waals surface area contributed by atoms with Crippen LogP contribution in [0.3, 0.4) is 0 Å². The number of aromatic nitrogens is 2. The maximum Gasteiger partial charge on any atom is 0.119 e. The zero-order chi connectivity index (χ0) is 13.2. The van der Waals surface area contributed by atoms with E-state index in [0.29, 0.717) is 6.04 Å². The number of ether oxygens (including phenoxy) is 1. The van der Waals surface area contributed by atoms with Gasteiger partial charge in [0.1, 0.15) is 5.75 Å². The lowest BCUT2D eigenvalue weighted by Gasteiger charge is -2.27. The van der Waals surface area contributed by atoms with Crippen LogP contribution in [0.5, 0.6) is 5.75 Å². The van der Waals surface area contributed by atoms with Gasteiger partial charge in [0, 0.05) is 13.2 Å². The fourth-order valence-electron chi connectivity index (χ4n) is 2.75. The molecule has 1 heterocycles. The van der Waals surface area contributed by atoms with Crippen molar-refractivity contribution in [1.29, 1.82) is 0 Å². The number of nitrogens with zero attached hydrogens (tertiary/aromatic N) is 2. The highest BCUT2D eigenvalue weighted by Gasteiger charge is 2.21. The van der Waals surface area contributed by atoms with Crippen molar-refractivity contribution >= 4 is 5.69 Å². The number of rotatable bonds is 3. The molecular formula is C15H19N3O. The Labute approximate surface area is 113 Å². The molecule has 4 nitrogen and oxygen atoms in total. The average molecular weight is 257 g/mol. The smallest absolute Gasteiger partial charge is 0.119 e. The summed E-state index contributed by atoms with van der Waals surface area (Å²) in [5.41, 5.74) is 3.85. The first-order valence-electron chi connectivity index (χ1n) is 6.68. The zero-order valence-corrected chi connectivity index (χ0v) is 11.4. The van der Waals surface area contributed by atoms with Gasteiger partial charge in [0.15, 0.2) is 0 Å². The van der Waals surface area contributed by atoms with E-state index in [0.717, 1.165) is 24.3 Å². The number of methoxy groups -OCH3 is 1. The van der Waals surface area contributed by atoms with Crippen LogP contribution in [0.1, 0.15) is 30.0 Å². The summed E-state index contributed by atoms with van der Waals surface area (Å²) < 4.78 is 7.16. The van der Waals surface area contributed by atoms with Crippen molar-refractivity contribution in [2.75, 3.05) is 12.4 Å². The Hall–Kier alpha value is -1.97. The van der Waals surface area contributed by atoms with Gasteiger partial charge in [-0.05, 0) is 42.5 Å². The van der Waals surface area contributed by atoms with Gasteiger partial charge >= 0.3 is 0 Å². The lowest BCUT2D eigenvalue weighted by atomic mass is 9.87. The Morgan fingerprint density at radius 2 is 2.32 bits per heavy atom. The normalized spacial score (nSPS) is 17.9. The molecule has 1 aromatic carbocycles. The first-order chi connectivity index (χ1) is 9.26. The maximum atomic E-state index is 5.34. The van der Waals surface area contributed by atoms with Crippen LogP contribution in [-0.2, 0) is 13.5 Å². The summed E-state index contributed by atoms with van der Waals surface area (Å²) >= 11 is 0. The first kappa shape index (κ1) is 12.1. The van der Waals surface area contributed by atoms with Crippen LogP contribution in [0.15, 0.2) is 30.6 Å². The van der Waals surface area contributed by atoms with Crippen molar-refractivity contribution < 1.29 is 4.74 Å². The van der Waals surface area contributed by atoms with Crippen molar-refractivity contribution in [3.05, 3.63) is 41.7 Å². The standard InChI is InChI=1S/C15H19N3O/c1-18-10-12(9-16-18)17-15-5-3-4-11-6-7-13(19-2)8-14(11)15/h6-10,15,17H,3-5H2,1-2H3. The predicted octanol–water partition coefficient (Wildman–Crippen LogP) is 2.92. The maximum absolute atomic E-state index is 5.34. The topological polar surface area (TPSA) is 39.1 Å². The van der Waals surface area contributed by atoms with Crippen LogP contribution in [0, 0.1) is 0 Å². The molecule has 0 aliphatic heterocycles. The van der Waals surface area contributed by atoms with Crippen molar-refractivity contribution in [2.24, 2.45) is 7.05 Å². The molecule has 4 heteroatoms. The van der Waals surface area contributed by atoms with Gasteiger partial charge in [-0.2, -0.15) is 5.10 Å². The molecule has 100 valence electrons. The molecule has 0 bridgehead atoms. The molecular weight excluding hydrogens is 238 g/mol. The van der Waals surface area contributed by atoms with Crippen LogP contribution in [-0.4, -0.2) is 16.9 Å². The van der Waals surface area contributed by atoms with Gasteiger partial charge in [0.25, 0.3) is 0 Å². The monoisotopic (exact) mass is 257 g/mol. The lowest BCUT2D eigenvalue weighted by molar-refractivity contribution is 0.413. The fourth-order valence-corrected chi connectivity index (χ4v) is 2.75. The van der Waals surface area contributed by atoms with Crippen molar-refractivity contribution in [3.8, 4) is 5.75 Å². The Morgan fingerprint density at radius 3 is 3.05 bits per heavy atom. The molecule has 0 amide bonds. The Morgan fingerprint density at radius 1 is 1.42 bits per heavy atom. The van der Waals surface area contributed by atoms with E-state index in [4.69, 9.17) is 4.74 Å². The number of benzene rings is 1. The first-order valence-corrected chi connectivity index (χ1v) is 6.68. The van der Waals surface area contributed by atoms with Gasteiger partial charge in [0.05, 0.1) is 25.0 Å². The third-order valence-electron chi connectivity index (χ3n) is 3.71. The van der Waals surface area contributed by atoms with E-state index in [1.165, 1.54) is 17.5 Å². The molecule has 0 saturated heterocycles. The number of fused-ring (bicyclic) bond motifs is 1. The minimum Gasteiger partial charge on any atom is -0.497 e. The summed E-state index contributed by atoms with van der Waals surface area (Å²) in [7, 11) is 3.65. The molecule has 1 unspecified atom stereocenters. The molecule has 0 radical (unpaired) electrons. The number of anilines is 1. The van der Waals surface area contributed by atoms with Crippen LogP contribution < -0.4 is 10.1 Å². The van der Waals surface area contributed by atoms with Crippen molar-refractivity contribution in [1.82, 2.24) is 9.78 Å². The Bertz CT molecular complexity index is 577. The van der Waals surface area contributed by atoms with E-state index in [1.807, 2.05) is 30.2 Å². The summed E-state index contributed by atoms with van der Waals surface area (Å²) in [5, 5.41) is 7.77. The fraction of sp³-hybridized carbons (Fsp3) is 0.400. The quantitative estimate of drug-likeness (QED) is 0.919. The van der Waals surface area contributed by atoms with E-state index in [2.05, 4.69) is 22.5 Å². The van der Waals surface area contributed by atoms with E-state index < -0.39 is 0 Å². The average Bonchev–Trinajstić information content (AvgIpc) is 2.84. The molecule has 0 saturated carbocycles. The summed E-state index contributed by atoms with van der Waals surface area (Å²) in [5.74, 6) is 0.929. The third kappa shape index (κ3) is 2.43. The van der Waals surface area contributed by atoms with E-state index in [1.54, 1.807) is 7.11 Å². The summed E-state index contributed by atoms with van der Waals surface area (Å²) in [6.07, 6.45) is 7.40. The van der Waals surface area contributed by atoms with Gasteiger partial charge in [-0.1, -0.05) is 6.07 Å². The summed E-state index contributed by atoms with van der Waals surface area (Å²) in [4.78, 5) is 0. The number of hydrogen-bond acceptors (Lipinski definition) is 3. The molecule has 1 aromatic heterocycles. The second-order valence-electron chi connectivity index (χ2n) is 5.06. The predicted molar refractivity (Wildman–Crippen MR) is 75.5 cm³/mol. The van der Waals surface area contributed by atoms with Gasteiger partial charge in [-0.3, -0.25) is 4.68 Å². The van der Waals surface area contributed by atoms with Gasteiger partial charge in [-0.15, -0.1) is 0 Å². The molecule has 0 spiro atoms. The number of hydrogen-bond donors (Lipinski definition) is 1. The SMILES string of the molecule is COc1ccc2c(c1)C(Nc1cnn(C)c1)CCC2. The Balaban J connectivity index is 1.88. The molecule has 19 heavy (non-hydrogen) atoms. The second kappa shape index (κ2) is 4.96. The molecule has 3 rings (SSSR count). The largest absolute Gasteiger partial charge is 0.497 e. The molecule has 0 fully saturated rings. The highest BCUT2D eigenvalue weighted by atomic mass is 16.5. The van der Waals surface area contributed by atoms with Gasteiger partial charge in [0.2, 0.25) is 0 Å². The van der Waals surface area contributed by atoms with Crippen molar-refractivity contribution in [2.45, 2.75) is 25.3 Å². The minimum atomic E-state index is 0.350. The zero-order valence-electron chi connectivity index (χ0n) is 11.4. The van der Waals surface area contributed by atoms with Crippen LogP contribution in [0.25, 0.3) is 0 Å². The highest BCUT2D eigenvalue weighted by molar-refractivity contribution is 5.46. The second-order valence-corrected chi connectivity index (χ2v) is 5.06. The molecule has 2 aromatic rings. The van der Waals surface area contributed by atoms with Crippen LogP contribution in [0.4, 0.5) is 5.69 Å². The van der Waals surface area contributed by atoms with Crippen molar-refractivity contribution in [3.63, 3.8) is 0 Å². The summed E-state index contributed by atoms with van der Waals surface area (Å²) in [6.45, 7) is 0. The van der Waals surface area contributed by atoms with E-state index >= 15 is 0 Å². The van der Waals surface area contributed by atoms with E-state index in [-0.39, 0.29) is 0 Å². The molecule has 1 atom stereocenters. The lowest BCUT2D eigenvalue weighted by Crippen LogP contribution is -2.17. The van der Waals surface area contributed by atoms with Crippen LogP contribution in [0.2, 0.25) is 0 Å². The molecule has 1 aliphatic rings. The Kier molecular flexibility index (Phi) is 3.15. The van der Waals surface area contributed by atoms with Gasteiger partial charge < -0.3 is 10.1 Å². The molecule has 1 N–H and O–H groups in total. The summed E-state index contributed by atoms with van der Waals surface area (Å²) in [6, 6.07) is 6.74. The van der Waals surface area contributed by atoms with E-state index in [9.17, 15) is 0 Å². The molecule has 1 aliphatic carbocycles. The van der Waals surface area contributed by atoms with Crippen LogP contribution >= 0.6 is 0 Å². The van der Waals surface area contributed by atoms with Gasteiger partial charge in [-0.25, -0.2) is 0 Å². The third-order valence-corrected chi connectivity index (χ3v) is 3.71. The highest BCUT2D eigenvalue weighted by Crippen LogP contribution is 2.34. The number of nitrogens with one attached hydrogen (secondary N) is 1.